The van der Waals surface area contributed by atoms with Gasteiger partial charge in [0.15, 0.2) is 0 Å². The van der Waals surface area contributed by atoms with Gasteiger partial charge in [0.1, 0.15) is 18.1 Å². The van der Waals surface area contributed by atoms with Crippen molar-refractivity contribution in [1.82, 2.24) is 4.90 Å². The Labute approximate surface area is 116 Å². The van der Waals surface area contributed by atoms with E-state index in [2.05, 4.69) is 0 Å². The second kappa shape index (κ2) is 4.78. The Kier molecular flexibility index (Phi) is 3.09. The maximum Gasteiger partial charge on any atom is 0.226 e. The summed E-state index contributed by atoms with van der Waals surface area (Å²) in [6.07, 6.45) is 0.777. The minimum Gasteiger partial charge on any atom is -0.493 e. The molecule has 104 valence electrons. The lowest BCUT2D eigenvalue weighted by Gasteiger charge is -2.15. The molecule has 4 nitrogen and oxygen atoms in total. The summed E-state index contributed by atoms with van der Waals surface area (Å²) in [5.74, 6) is -0.279. The first kappa shape index (κ1) is 12.9. The molecule has 20 heavy (non-hydrogen) atoms. The van der Waals surface area contributed by atoms with Gasteiger partial charge < -0.3 is 9.64 Å². The van der Waals surface area contributed by atoms with Gasteiger partial charge in [0.05, 0.1) is 12.7 Å². The van der Waals surface area contributed by atoms with Gasteiger partial charge in [-0.3, -0.25) is 4.79 Å². The molecule has 2 aliphatic heterocycles. The molecule has 0 aromatic heterocycles. The van der Waals surface area contributed by atoms with Crippen molar-refractivity contribution in [2.75, 3.05) is 19.7 Å². The van der Waals surface area contributed by atoms with Gasteiger partial charge in [-0.05, 0) is 17.2 Å². The number of benzene rings is 1. The zero-order valence-corrected chi connectivity index (χ0v) is 11.2. The van der Waals surface area contributed by atoms with Gasteiger partial charge in [0.2, 0.25) is 5.91 Å². The second-order valence-corrected chi connectivity index (χ2v) is 5.35. The first-order chi connectivity index (χ1) is 9.61. The quantitative estimate of drug-likeness (QED) is 0.773. The molecule has 0 bridgehead atoms. The van der Waals surface area contributed by atoms with Crippen molar-refractivity contribution in [1.29, 1.82) is 5.26 Å². The molecule has 0 spiro atoms. The summed E-state index contributed by atoms with van der Waals surface area (Å²) >= 11 is 0. The van der Waals surface area contributed by atoms with Gasteiger partial charge in [-0.2, -0.15) is 5.26 Å². The number of carbonyl (C=O) groups is 1. The van der Waals surface area contributed by atoms with E-state index in [4.69, 9.17) is 10.00 Å². The standard InChI is InChI=1S/C15H15FN2O2/c1-9-12(8-18(4-3-17)15(9)19)11-6-10-2-5-20-14(10)7-13(11)16/h6-7,9,12H,2,4-5,8H2,1H3/t9-,12+/m0/s1. The SMILES string of the molecule is C[C@@H]1C(=O)N(CC#N)C[C@H]1c1cc2c(cc1F)OCC2. The normalized spacial score (nSPS) is 24.4. The molecule has 5 heteroatoms. The van der Waals surface area contributed by atoms with Gasteiger partial charge in [-0.25, -0.2) is 4.39 Å². The number of rotatable bonds is 2. The second-order valence-electron chi connectivity index (χ2n) is 5.35. The number of fused-ring (bicyclic) bond motifs is 1. The van der Waals surface area contributed by atoms with E-state index in [1.807, 2.05) is 12.1 Å². The van der Waals surface area contributed by atoms with Crippen LogP contribution in [0.3, 0.4) is 0 Å². The number of amides is 1. The zero-order valence-electron chi connectivity index (χ0n) is 11.2. The van der Waals surface area contributed by atoms with Crippen LogP contribution in [-0.2, 0) is 11.2 Å². The fourth-order valence-corrected chi connectivity index (χ4v) is 3.04. The van der Waals surface area contributed by atoms with Crippen LogP contribution in [0.5, 0.6) is 5.75 Å². The van der Waals surface area contributed by atoms with Gasteiger partial charge in [0.25, 0.3) is 0 Å². The lowest BCUT2D eigenvalue weighted by atomic mass is 9.88. The molecule has 0 aliphatic carbocycles. The number of likely N-dealkylation sites (tertiary alicyclic amines) is 1. The molecule has 0 N–H and O–H groups in total. The molecular weight excluding hydrogens is 259 g/mol. The highest BCUT2D eigenvalue weighted by molar-refractivity contribution is 5.82. The number of nitriles is 1. The highest BCUT2D eigenvalue weighted by Gasteiger charge is 2.39. The Morgan fingerprint density at radius 1 is 1.55 bits per heavy atom. The van der Waals surface area contributed by atoms with E-state index in [9.17, 15) is 9.18 Å². The lowest BCUT2D eigenvalue weighted by Crippen LogP contribution is -2.26. The Hall–Kier alpha value is -2.09. The summed E-state index contributed by atoms with van der Waals surface area (Å²) in [5.41, 5.74) is 1.57. The Balaban J connectivity index is 1.94. The average Bonchev–Trinajstić information content (AvgIpc) is 2.97. The van der Waals surface area contributed by atoms with Crippen molar-refractivity contribution in [3.8, 4) is 11.8 Å². The van der Waals surface area contributed by atoms with Crippen molar-refractivity contribution in [3.05, 3.63) is 29.1 Å². The van der Waals surface area contributed by atoms with E-state index < -0.39 is 0 Å². The predicted molar refractivity (Wildman–Crippen MR) is 69.7 cm³/mol. The van der Waals surface area contributed by atoms with E-state index in [0.29, 0.717) is 24.5 Å². The monoisotopic (exact) mass is 274 g/mol. The molecule has 0 unspecified atom stereocenters. The molecule has 2 atom stereocenters. The van der Waals surface area contributed by atoms with Gasteiger partial charge in [-0.1, -0.05) is 6.92 Å². The fourth-order valence-electron chi connectivity index (χ4n) is 3.04. The maximum absolute atomic E-state index is 14.2. The smallest absolute Gasteiger partial charge is 0.226 e. The molecule has 1 saturated heterocycles. The molecule has 1 aromatic carbocycles. The van der Waals surface area contributed by atoms with Crippen molar-refractivity contribution < 1.29 is 13.9 Å². The summed E-state index contributed by atoms with van der Waals surface area (Å²) < 4.78 is 19.6. The van der Waals surface area contributed by atoms with Crippen LogP contribution in [0.15, 0.2) is 12.1 Å². The summed E-state index contributed by atoms with van der Waals surface area (Å²) in [6, 6.07) is 5.22. The highest BCUT2D eigenvalue weighted by Crippen LogP contribution is 2.38. The van der Waals surface area contributed by atoms with Gasteiger partial charge in [0, 0.05) is 30.9 Å². The van der Waals surface area contributed by atoms with Crippen molar-refractivity contribution in [2.24, 2.45) is 5.92 Å². The summed E-state index contributed by atoms with van der Waals surface area (Å²) in [5, 5.41) is 8.73. The fraction of sp³-hybridized carbons (Fsp3) is 0.467. The summed E-state index contributed by atoms with van der Waals surface area (Å²) in [6.45, 7) is 2.85. The molecule has 3 rings (SSSR count). The van der Waals surface area contributed by atoms with E-state index in [1.165, 1.54) is 11.0 Å². The average molecular weight is 274 g/mol. The van der Waals surface area contributed by atoms with E-state index in [-0.39, 0.29) is 30.1 Å². The van der Waals surface area contributed by atoms with E-state index in [0.717, 1.165) is 12.0 Å². The Bertz CT molecular complexity index is 609. The van der Waals surface area contributed by atoms with Crippen LogP contribution in [0.2, 0.25) is 0 Å². The third kappa shape index (κ3) is 1.92. The van der Waals surface area contributed by atoms with E-state index >= 15 is 0 Å². The largest absolute Gasteiger partial charge is 0.493 e. The van der Waals surface area contributed by atoms with Crippen molar-refractivity contribution in [3.63, 3.8) is 0 Å². The molecule has 0 radical (unpaired) electrons. The first-order valence-electron chi connectivity index (χ1n) is 6.72. The maximum atomic E-state index is 14.2. The first-order valence-corrected chi connectivity index (χ1v) is 6.72. The molecule has 0 saturated carbocycles. The number of hydrogen-bond acceptors (Lipinski definition) is 3. The third-order valence-electron chi connectivity index (χ3n) is 4.19. The Morgan fingerprint density at radius 2 is 2.35 bits per heavy atom. The number of nitrogens with zero attached hydrogens (tertiary/aromatic N) is 2. The lowest BCUT2D eigenvalue weighted by molar-refractivity contribution is -0.130. The van der Waals surface area contributed by atoms with Crippen LogP contribution < -0.4 is 4.74 Å². The van der Waals surface area contributed by atoms with Crippen LogP contribution in [-0.4, -0.2) is 30.5 Å². The molecule has 1 fully saturated rings. The summed E-state index contributed by atoms with van der Waals surface area (Å²) in [4.78, 5) is 13.6. The van der Waals surface area contributed by atoms with Crippen LogP contribution in [0.1, 0.15) is 24.0 Å². The zero-order chi connectivity index (χ0) is 14.3. The minimum absolute atomic E-state index is 0.0648. The predicted octanol–water partition coefficient (Wildman–Crippen LogP) is 1.85. The van der Waals surface area contributed by atoms with Gasteiger partial charge >= 0.3 is 0 Å². The molecule has 2 heterocycles. The third-order valence-corrected chi connectivity index (χ3v) is 4.19. The number of carbonyl (C=O) groups excluding carboxylic acids is 1. The van der Waals surface area contributed by atoms with E-state index in [1.54, 1.807) is 6.92 Å². The van der Waals surface area contributed by atoms with Crippen molar-refractivity contribution >= 4 is 5.91 Å². The summed E-state index contributed by atoms with van der Waals surface area (Å²) in [7, 11) is 0. The number of hydrogen-bond donors (Lipinski definition) is 0. The van der Waals surface area contributed by atoms with Crippen LogP contribution >= 0.6 is 0 Å². The number of ether oxygens (including phenoxy) is 1. The number of halogens is 1. The molecule has 2 aliphatic rings. The van der Waals surface area contributed by atoms with Gasteiger partial charge in [-0.15, -0.1) is 0 Å². The van der Waals surface area contributed by atoms with Crippen LogP contribution in [0, 0.1) is 23.1 Å². The minimum atomic E-state index is -0.325. The van der Waals surface area contributed by atoms with Crippen molar-refractivity contribution in [2.45, 2.75) is 19.3 Å². The molecule has 1 aromatic rings. The molecular formula is C15H15FN2O2. The van der Waals surface area contributed by atoms with Crippen LogP contribution in [0.25, 0.3) is 0 Å². The Morgan fingerprint density at radius 3 is 3.10 bits per heavy atom. The topological polar surface area (TPSA) is 53.3 Å². The van der Waals surface area contributed by atoms with Crippen LogP contribution in [0.4, 0.5) is 4.39 Å². The highest BCUT2D eigenvalue weighted by atomic mass is 19.1. The molecule has 1 amide bonds.